The highest BCUT2D eigenvalue weighted by Crippen LogP contribution is 2.34. The molecule has 96 valence electrons. The Morgan fingerprint density at radius 3 is 2.59 bits per heavy atom. The standard InChI is InChI=1S/C14H22FNS/c1-3-5-10-17-14(13(16)4-2)11-8-6-7-9-12(11)15/h6-9,13-14H,3-5,10,16H2,1-2H3. The van der Waals surface area contributed by atoms with Crippen molar-refractivity contribution < 1.29 is 4.39 Å². The first-order valence-electron chi connectivity index (χ1n) is 6.32. The summed E-state index contributed by atoms with van der Waals surface area (Å²) in [5, 5.41) is 0.0766. The topological polar surface area (TPSA) is 26.0 Å². The van der Waals surface area contributed by atoms with E-state index in [0.29, 0.717) is 0 Å². The van der Waals surface area contributed by atoms with E-state index in [4.69, 9.17) is 5.73 Å². The first-order valence-corrected chi connectivity index (χ1v) is 7.37. The molecule has 2 atom stereocenters. The van der Waals surface area contributed by atoms with E-state index < -0.39 is 0 Å². The number of nitrogens with two attached hydrogens (primary N) is 1. The van der Waals surface area contributed by atoms with Crippen LogP contribution in [0.25, 0.3) is 0 Å². The lowest BCUT2D eigenvalue weighted by Crippen LogP contribution is -2.26. The van der Waals surface area contributed by atoms with E-state index in [9.17, 15) is 4.39 Å². The minimum atomic E-state index is -0.134. The smallest absolute Gasteiger partial charge is 0.127 e. The monoisotopic (exact) mass is 255 g/mol. The minimum absolute atomic E-state index is 0.0220. The minimum Gasteiger partial charge on any atom is -0.326 e. The van der Waals surface area contributed by atoms with Crippen molar-refractivity contribution in [1.29, 1.82) is 0 Å². The summed E-state index contributed by atoms with van der Waals surface area (Å²) in [5.41, 5.74) is 6.87. The molecule has 0 aliphatic carbocycles. The predicted octanol–water partition coefficient (Wildman–Crippen LogP) is 4.14. The summed E-state index contributed by atoms with van der Waals surface area (Å²) in [6.45, 7) is 4.22. The number of halogens is 1. The average molecular weight is 255 g/mol. The summed E-state index contributed by atoms with van der Waals surface area (Å²) in [6.07, 6.45) is 3.20. The molecule has 0 heterocycles. The number of benzene rings is 1. The van der Waals surface area contributed by atoms with Gasteiger partial charge in [0.05, 0.1) is 0 Å². The van der Waals surface area contributed by atoms with Crippen molar-refractivity contribution in [2.24, 2.45) is 5.73 Å². The molecular weight excluding hydrogens is 233 g/mol. The van der Waals surface area contributed by atoms with Crippen LogP contribution in [0.3, 0.4) is 0 Å². The molecule has 1 aromatic carbocycles. The van der Waals surface area contributed by atoms with Gasteiger partial charge in [0.2, 0.25) is 0 Å². The Morgan fingerprint density at radius 1 is 1.29 bits per heavy atom. The Kier molecular flexibility index (Phi) is 6.60. The quantitative estimate of drug-likeness (QED) is 0.741. The van der Waals surface area contributed by atoms with Gasteiger partial charge in [0.1, 0.15) is 5.82 Å². The highest BCUT2D eigenvalue weighted by atomic mass is 32.2. The molecular formula is C14H22FNS. The summed E-state index contributed by atoms with van der Waals surface area (Å²) in [7, 11) is 0. The number of thioether (sulfide) groups is 1. The molecule has 0 spiro atoms. The van der Waals surface area contributed by atoms with Crippen LogP contribution in [0.2, 0.25) is 0 Å². The van der Waals surface area contributed by atoms with Crippen LogP contribution in [0.5, 0.6) is 0 Å². The fourth-order valence-electron chi connectivity index (χ4n) is 1.72. The molecule has 0 aromatic heterocycles. The molecule has 17 heavy (non-hydrogen) atoms. The second-order valence-electron chi connectivity index (χ2n) is 4.24. The van der Waals surface area contributed by atoms with Gasteiger partial charge in [-0.3, -0.25) is 0 Å². The van der Waals surface area contributed by atoms with Gasteiger partial charge in [-0.2, -0.15) is 11.8 Å². The van der Waals surface area contributed by atoms with Gasteiger partial charge in [-0.05, 0) is 24.7 Å². The number of hydrogen-bond acceptors (Lipinski definition) is 2. The van der Waals surface area contributed by atoms with Crippen molar-refractivity contribution in [3.05, 3.63) is 35.6 Å². The molecule has 0 aliphatic heterocycles. The van der Waals surface area contributed by atoms with Crippen LogP contribution in [-0.4, -0.2) is 11.8 Å². The maximum atomic E-state index is 13.8. The lowest BCUT2D eigenvalue weighted by Gasteiger charge is -2.23. The molecule has 1 aromatic rings. The van der Waals surface area contributed by atoms with Crippen LogP contribution < -0.4 is 5.73 Å². The summed E-state index contributed by atoms with van der Waals surface area (Å²) in [5.74, 6) is 0.911. The highest BCUT2D eigenvalue weighted by Gasteiger charge is 2.21. The summed E-state index contributed by atoms with van der Waals surface area (Å²) in [4.78, 5) is 0. The third-order valence-corrected chi connectivity index (χ3v) is 4.35. The van der Waals surface area contributed by atoms with E-state index in [1.54, 1.807) is 17.8 Å². The molecule has 1 nitrogen and oxygen atoms in total. The molecule has 0 fully saturated rings. The molecule has 2 N–H and O–H groups in total. The van der Waals surface area contributed by atoms with Gasteiger partial charge in [0.15, 0.2) is 0 Å². The van der Waals surface area contributed by atoms with Crippen molar-refractivity contribution in [2.45, 2.75) is 44.4 Å². The number of hydrogen-bond donors (Lipinski definition) is 1. The fraction of sp³-hybridized carbons (Fsp3) is 0.571. The first kappa shape index (κ1) is 14.5. The predicted molar refractivity (Wildman–Crippen MR) is 74.8 cm³/mol. The normalized spacial score (nSPS) is 14.6. The van der Waals surface area contributed by atoms with Crippen molar-refractivity contribution in [3.8, 4) is 0 Å². The molecule has 0 radical (unpaired) electrons. The maximum absolute atomic E-state index is 13.8. The molecule has 1 rings (SSSR count). The van der Waals surface area contributed by atoms with Crippen LogP contribution in [0.4, 0.5) is 4.39 Å². The van der Waals surface area contributed by atoms with Gasteiger partial charge in [-0.15, -0.1) is 0 Å². The molecule has 0 saturated carbocycles. The maximum Gasteiger partial charge on any atom is 0.127 e. The van der Waals surface area contributed by atoms with Crippen LogP contribution in [0.1, 0.15) is 43.9 Å². The van der Waals surface area contributed by atoms with Crippen molar-refractivity contribution in [3.63, 3.8) is 0 Å². The van der Waals surface area contributed by atoms with Gasteiger partial charge >= 0.3 is 0 Å². The molecule has 2 unspecified atom stereocenters. The van der Waals surface area contributed by atoms with Crippen LogP contribution in [0.15, 0.2) is 24.3 Å². The summed E-state index contributed by atoms with van der Waals surface area (Å²) in [6, 6.07) is 7.01. The lowest BCUT2D eigenvalue weighted by atomic mass is 10.0. The van der Waals surface area contributed by atoms with Gasteiger partial charge in [0, 0.05) is 16.9 Å². The van der Waals surface area contributed by atoms with Gasteiger partial charge in [-0.1, -0.05) is 38.5 Å². The zero-order valence-electron chi connectivity index (χ0n) is 10.7. The Morgan fingerprint density at radius 2 is 2.00 bits per heavy atom. The Balaban J connectivity index is 2.79. The number of unbranched alkanes of at least 4 members (excludes halogenated alkanes) is 1. The van der Waals surface area contributed by atoms with Crippen molar-refractivity contribution in [1.82, 2.24) is 0 Å². The molecule has 0 amide bonds. The number of rotatable bonds is 7. The second kappa shape index (κ2) is 7.72. The van der Waals surface area contributed by atoms with Crippen LogP contribution >= 0.6 is 11.8 Å². The van der Waals surface area contributed by atoms with Crippen LogP contribution in [0, 0.1) is 5.82 Å². The van der Waals surface area contributed by atoms with Crippen molar-refractivity contribution in [2.75, 3.05) is 5.75 Å². The SMILES string of the molecule is CCCCSC(c1ccccc1F)C(N)CC. The van der Waals surface area contributed by atoms with E-state index >= 15 is 0 Å². The van der Waals surface area contributed by atoms with E-state index in [1.807, 2.05) is 12.1 Å². The molecule has 0 saturated heterocycles. The van der Waals surface area contributed by atoms with Gasteiger partial charge in [0.25, 0.3) is 0 Å². The van der Waals surface area contributed by atoms with E-state index in [2.05, 4.69) is 13.8 Å². The Labute approximate surface area is 108 Å². The van der Waals surface area contributed by atoms with Crippen molar-refractivity contribution >= 4 is 11.8 Å². The highest BCUT2D eigenvalue weighted by molar-refractivity contribution is 7.99. The Hall–Kier alpha value is -0.540. The second-order valence-corrected chi connectivity index (χ2v) is 5.49. The first-order chi connectivity index (χ1) is 8.20. The van der Waals surface area contributed by atoms with Crippen LogP contribution in [-0.2, 0) is 0 Å². The third-order valence-electron chi connectivity index (χ3n) is 2.87. The Bertz CT molecular complexity index is 330. The summed E-state index contributed by atoms with van der Waals surface area (Å²) >= 11 is 1.78. The molecule has 0 bridgehead atoms. The van der Waals surface area contributed by atoms with E-state index in [-0.39, 0.29) is 17.1 Å². The lowest BCUT2D eigenvalue weighted by molar-refractivity contribution is 0.572. The third kappa shape index (κ3) is 4.32. The van der Waals surface area contributed by atoms with Gasteiger partial charge in [-0.25, -0.2) is 4.39 Å². The molecule has 0 aliphatic rings. The largest absolute Gasteiger partial charge is 0.326 e. The average Bonchev–Trinajstić information content (AvgIpc) is 2.35. The zero-order chi connectivity index (χ0) is 12.7. The fourth-order valence-corrected chi connectivity index (χ4v) is 3.24. The van der Waals surface area contributed by atoms with E-state index in [0.717, 1.165) is 24.2 Å². The van der Waals surface area contributed by atoms with Gasteiger partial charge < -0.3 is 5.73 Å². The zero-order valence-corrected chi connectivity index (χ0v) is 11.5. The van der Waals surface area contributed by atoms with E-state index in [1.165, 1.54) is 12.5 Å². The summed E-state index contributed by atoms with van der Waals surface area (Å²) < 4.78 is 13.8. The molecule has 3 heteroatoms.